The molecule has 4 rings (SSSR count). The molecule has 1 N–H and O–H groups in total. The molecule has 0 radical (unpaired) electrons. The summed E-state index contributed by atoms with van der Waals surface area (Å²) in [5.41, 5.74) is 0.658. The number of nitrogens with zero attached hydrogens (tertiary/aromatic N) is 7. The number of hydrogen-bond acceptors (Lipinski definition) is 7. The molecule has 4 heterocycles. The molecule has 0 aliphatic carbocycles. The van der Waals surface area contributed by atoms with E-state index in [0.29, 0.717) is 23.4 Å². The molecule has 0 aliphatic rings. The molecule has 0 spiro atoms. The molecule has 0 saturated carbocycles. The zero-order valence-electron chi connectivity index (χ0n) is 17.0. The van der Waals surface area contributed by atoms with Gasteiger partial charge in [0.1, 0.15) is 23.9 Å². The van der Waals surface area contributed by atoms with Crippen LogP contribution in [0.4, 0.5) is 0 Å². The van der Waals surface area contributed by atoms with Crippen molar-refractivity contribution < 1.29 is 4.79 Å². The Bertz CT molecular complexity index is 1370. The maximum atomic E-state index is 12.8. The number of rotatable bonds is 6. The van der Waals surface area contributed by atoms with Crippen LogP contribution in [0.25, 0.3) is 16.9 Å². The molecule has 11 heteroatoms. The quantitative estimate of drug-likeness (QED) is 0.475. The van der Waals surface area contributed by atoms with Crippen LogP contribution >= 0.6 is 0 Å². The average molecular weight is 420 g/mol. The van der Waals surface area contributed by atoms with Gasteiger partial charge in [0.2, 0.25) is 5.43 Å². The lowest BCUT2D eigenvalue weighted by molar-refractivity contribution is 0.0950. The molecule has 0 fully saturated rings. The molecule has 4 aromatic heterocycles. The predicted molar refractivity (Wildman–Crippen MR) is 112 cm³/mol. The second-order valence-electron chi connectivity index (χ2n) is 6.83. The van der Waals surface area contributed by atoms with Gasteiger partial charge < -0.3 is 9.88 Å². The average Bonchev–Trinajstić information content (AvgIpc) is 3.30. The number of amides is 1. The highest BCUT2D eigenvalue weighted by molar-refractivity contribution is 5.96. The van der Waals surface area contributed by atoms with Crippen LogP contribution in [0.5, 0.6) is 0 Å². The molecule has 0 aliphatic heterocycles. The fourth-order valence-corrected chi connectivity index (χ4v) is 3.18. The Morgan fingerprint density at radius 3 is 2.74 bits per heavy atom. The van der Waals surface area contributed by atoms with Gasteiger partial charge in [-0.1, -0.05) is 0 Å². The summed E-state index contributed by atoms with van der Waals surface area (Å²) in [6.07, 6.45) is 4.34. The Morgan fingerprint density at radius 2 is 2.00 bits per heavy atom. The summed E-state index contributed by atoms with van der Waals surface area (Å²) in [4.78, 5) is 45.9. The minimum atomic E-state index is -0.518. The van der Waals surface area contributed by atoms with Crippen molar-refractivity contribution in [2.75, 3.05) is 6.54 Å². The summed E-state index contributed by atoms with van der Waals surface area (Å²) in [5.74, 6) is -0.0956. The summed E-state index contributed by atoms with van der Waals surface area (Å²) in [6, 6.07) is 6.32. The zero-order valence-corrected chi connectivity index (χ0v) is 17.0. The SMILES string of the molecule is CCn1cc(C(=O)NCCn2nc(-n3cncn3)ccc2=O)c(=O)c2ccc(C)nc21. The third-order valence-corrected chi connectivity index (χ3v) is 4.76. The number of hydrogen-bond donors (Lipinski definition) is 1. The number of fused-ring (bicyclic) bond motifs is 1. The van der Waals surface area contributed by atoms with Crippen LogP contribution in [0.2, 0.25) is 0 Å². The summed E-state index contributed by atoms with van der Waals surface area (Å²) >= 11 is 0. The van der Waals surface area contributed by atoms with Crippen molar-refractivity contribution in [2.45, 2.75) is 26.9 Å². The third-order valence-electron chi connectivity index (χ3n) is 4.76. The molecule has 4 aromatic rings. The van der Waals surface area contributed by atoms with Crippen molar-refractivity contribution in [2.24, 2.45) is 0 Å². The van der Waals surface area contributed by atoms with Crippen molar-refractivity contribution in [1.82, 2.24) is 39.4 Å². The van der Waals surface area contributed by atoms with Gasteiger partial charge in [0.05, 0.1) is 11.9 Å². The maximum absolute atomic E-state index is 12.8. The van der Waals surface area contributed by atoms with Crippen LogP contribution in [-0.4, -0.2) is 46.5 Å². The van der Waals surface area contributed by atoms with Gasteiger partial charge in [-0.2, -0.15) is 5.10 Å². The number of nitrogens with one attached hydrogen (secondary N) is 1. The molecule has 31 heavy (non-hydrogen) atoms. The number of carbonyl (C=O) groups excluding carboxylic acids is 1. The van der Waals surface area contributed by atoms with Crippen LogP contribution < -0.4 is 16.3 Å². The first-order valence-electron chi connectivity index (χ1n) is 9.70. The van der Waals surface area contributed by atoms with Gasteiger partial charge >= 0.3 is 0 Å². The van der Waals surface area contributed by atoms with Gasteiger partial charge in [-0.15, -0.1) is 5.10 Å². The van der Waals surface area contributed by atoms with Gasteiger partial charge in [0, 0.05) is 31.0 Å². The van der Waals surface area contributed by atoms with Crippen molar-refractivity contribution in [3.05, 3.63) is 75.0 Å². The van der Waals surface area contributed by atoms with E-state index in [-0.39, 0.29) is 29.6 Å². The molecule has 0 unspecified atom stereocenters. The van der Waals surface area contributed by atoms with Crippen LogP contribution in [0.15, 0.2) is 52.7 Å². The minimum Gasteiger partial charge on any atom is -0.350 e. The second kappa shape index (κ2) is 8.30. The molecule has 11 nitrogen and oxygen atoms in total. The molecule has 0 aromatic carbocycles. The van der Waals surface area contributed by atoms with Crippen LogP contribution in [0.1, 0.15) is 23.0 Å². The first kappa shape index (κ1) is 20.1. The molecule has 158 valence electrons. The smallest absolute Gasteiger partial charge is 0.266 e. The summed E-state index contributed by atoms with van der Waals surface area (Å²) in [7, 11) is 0. The monoisotopic (exact) mass is 420 g/mol. The highest BCUT2D eigenvalue weighted by Crippen LogP contribution is 2.11. The minimum absolute atomic E-state index is 0.0247. The van der Waals surface area contributed by atoms with E-state index < -0.39 is 5.91 Å². The Labute approximate surface area is 176 Å². The van der Waals surface area contributed by atoms with E-state index in [1.54, 1.807) is 16.7 Å². The topological polar surface area (TPSA) is 130 Å². The van der Waals surface area contributed by atoms with E-state index in [4.69, 9.17) is 0 Å². The van der Waals surface area contributed by atoms with E-state index in [1.807, 2.05) is 13.8 Å². The predicted octanol–water partition coefficient (Wildman–Crippen LogP) is 0.292. The summed E-state index contributed by atoms with van der Waals surface area (Å²) in [6.45, 7) is 4.56. The second-order valence-corrected chi connectivity index (χ2v) is 6.83. The Balaban J connectivity index is 1.54. The van der Waals surface area contributed by atoms with Gasteiger partial charge in [-0.3, -0.25) is 14.4 Å². The van der Waals surface area contributed by atoms with E-state index >= 15 is 0 Å². The normalized spacial score (nSPS) is 11.0. The van der Waals surface area contributed by atoms with Crippen LogP contribution in [-0.2, 0) is 13.1 Å². The van der Waals surface area contributed by atoms with Crippen molar-refractivity contribution in [3.8, 4) is 5.82 Å². The number of carbonyl (C=O) groups is 1. The van der Waals surface area contributed by atoms with Crippen LogP contribution in [0, 0.1) is 6.92 Å². The van der Waals surface area contributed by atoms with Crippen LogP contribution in [0.3, 0.4) is 0 Å². The third kappa shape index (κ3) is 3.97. The van der Waals surface area contributed by atoms with Crippen molar-refractivity contribution >= 4 is 16.9 Å². The summed E-state index contributed by atoms with van der Waals surface area (Å²) in [5, 5.41) is 11.3. The van der Waals surface area contributed by atoms with E-state index in [0.717, 1.165) is 5.69 Å². The van der Waals surface area contributed by atoms with Crippen molar-refractivity contribution in [3.63, 3.8) is 0 Å². The Hall–Kier alpha value is -4.15. The standard InChI is InChI=1S/C20H20N8O3/c1-3-26-10-15(18(30)14-5-4-13(2)24-19(14)26)20(31)22-8-9-27-17(29)7-6-16(25-27)28-12-21-11-23-28/h4-7,10-12H,3,8-9H2,1-2H3,(H,22,31). The lowest BCUT2D eigenvalue weighted by Crippen LogP contribution is -2.34. The summed E-state index contributed by atoms with van der Waals surface area (Å²) < 4.78 is 4.41. The maximum Gasteiger partial charge on any atom is 0.266 e. The Morgan fingerprint density at radius 1 is 1.16 bits per heavy atom. The van der Waals surface area contributed by atoms with E-state index in [9.17, 15) is 14.4 Å². The molecule has 0 saturated heterocycles. The first-order chi connectivity index (χ1) is 15.0. The zero-order chi connectivity index (χ0) is 22.0. The molecule has 0 bridgehead atoms. The lowest BCUT2D eigenvalue weighted by atomic mass is 10.1. The fourth-order valence-electron chi connectivity index (χ4n) is 3.18. The number of aryl methyl sites for hydroxylation is 2. The number of pyridine rings is 2. The van der Waals surface area contributed by atoms with Crippen molar-refractivity contribution in [1.29, 1.82) is 0 Å². The fraction of sp³-hybridized carbons (Fsp3) is 0.250. The van der Waals surface area contributed by atoms with Gasteiger partial charge in [-0.05, 0) is 32.0 Å². The molecular formula is C20H20N8O3. The highest BCUT2D eigenvalue weighted by atomic mass is 16.2. The van der Waals surface area contributed by atoms with Gasteiger partial charge in [0.25, 0.3) is 11.5 Å². The van der Waals surface area contributed by atoms with Gasteiger partial charge in [0.15, 0.2) is 5.82 Å². The molecule has 0 atom stereocenters. The Kier molecular flexibility index (Phi) is 5.39. The number of aromatic nitrogens is 7. The largest absolute Gasteiger partial charge is 0.350 e. The molecule has 1 amide bonds. The van der Waals surface area contributed by atoms with Gasteiger partial charge in [-0.25, -0.2) is 19.3 Å². The van der Waals surface area contributed by atoms with E-state index in [1.165, 1.54) is 40.3 Å². The van der Waals surface area contributed by atoms with E-state index in [2.05, 4.69) is 25.5 Å². The lowest BCUT2D eigenvalue weighted by Gasteiger charge is -2.12. The first-order valence-corrected chi connectivity index (χ1v) is 9.70. The molecular weight excluding hydrogens is 400 g/mol. The highest BCUT2D eigenvalue weighted by Gasteiger charge is 2.16.